The lowest BCUT2D eigenvalue weighted by atomic mass is 9.99. The first kappa shape index (κ1) is 40.3. The van der Waals surface area contributed by atoms with E-state index in [0.717, 1.165) is 35.7 Å². The highest BCUT2D eigenvalue weighted by Gasteiger charge is 2.33. The summed E-state index contributed by atoms with van der Waals surface area (Å²) in [5.74, 6) is 0.374. The summed E-state index contributed by atoms with van der Waals surface area (Å²) in [4.78, 5) is 59.2. The number of benzene rings is 3. The summed E-state index contributed by atoms with van der Waals surface area (Å²) in [5.41, 5.74) is 2.46. The Morgan fingerprint density at radius 1 is 1.00 bits per heavy atom. The van der Waals surface area contributed by atoms with Crippen LogP contribution in [0.15, 0.2) is 77.9 Å². The molecule has 8 rings (SSSR count). The maximum Gasteiger partial charge on any atom is 0.416 e. The molecule has 0 atom stereocenters. The molecule has 6 aromatic rings. The number of ether oxygens (including phenoxy) is 2. The number of alkyl halides is 3. The summed E-state index contributed by atoms with van der Waals surface area (Å²) in [6, 6.07) is 17.7. The number of fused-ring (bicyclic) bond motifs is 2. The number of anilines is 2. The molecule has 0 saturated carbocycles. The molecule has 0 spiro atoms. The summed E-state index contributed by atoms with van der Waals surface area (Å²) >= 11 is 6.20. The van der Waals surface area contributed by atoms with Crippen LogP contribution in [-0.2, 0) is 37.0 Å². The minimum Gasteiger partial charge on any atom is -0.493 e. The number of halogens is 4. The van der Waals surface area contributed by atoms with E-state index in [2.05, 4.69) is 15.3 Å². The third-order valence-electron chi connectivity index (χ3n) is 10.5. The van der Waals surface area contributed by atoms with E-state index in [4.69, 9.17) is 31.2 Å². The lowest BCUT2D eigenvalue weighted by Gasteiger charge is -2.36. The second kappa shape index (κ2) is 16.6. The minimum absolute atomic E-state index is 0.0173. The van der Waals surface area contributed by atoms with Crippen molar-refractivity contribution in [3.8, 4) is 22.9 Å². The predicted octanol–water partition coefficient (Wildman–Crippen LogP) is 6.40. The van der Waals surface area contributed by atoms with Gasteiger partial charge in [-0.25, -0.2) is 9.97 Å². The van der Waals surface area contributed by atoms with Crippen LogP contribution in [0.3, 0.4) is 0 Å². The van der Waals surface area contributed by atoms with E-state index in [-0.39, 0.29) is 85.4 Å². The molecule has 2 aliphatic heterocycles. The standard InChI is InChI=1S/C42H39ClF3N9O5/c1-3-32-36(52-16-18-53(19-17-52)39(57)35-37(25(2)47-24-48-35)60-23-26-9-5-4-6-10-26)40(58)55-41(50-38(51-55)29-11-7-13-33-28(29)12-8-20-59-33)54(32)22-34(56)49-31-15-14-27(21-30(31)43)42(44,45)46/h4-7,9-11,13-15,21,24H,3,8,12,16-20,22-23H2,1-2H3,(H,49,56). The molecule has 0 bridgehead atoms. The number of aromatic nitrogens is 6. The molecule has 310 valence electrons. The van der Waals surface area contributed by atoms with Crippen molar-refractivity contribution in [1.82, 2.24) is 34.0 Å². The number of amides is 2. The van der Waals surface area contributed by atoms with E-state index in [1.54, 1.807) is 16.4 Å². The molecule has 2 aliphatic rings. The first-order valence-corrected chi connectivity index (χ1v) is 19.8. The number of piperazine rings is 1. The highest BCUT2D eigenvalue weighted by molar-refractivity contribution is 6.33. The normalized spacial score (nSPS) is 14.2. The number of hydrogen-bond donors (Lipinski definition) is 1. The van der Waals surface area contributed by atoms with Crippen molar-refractivity contribution in [1.29, 1.82) is 0 Å². The van der Waals surface area contributed by atoms with Crippen LogP contribution in [0.2, 0.25) is 5.02 Å². The molecule has 2 amide bonds. The van der Waals surface area contributed by atoms with Crippen LogP contribution >= 0.6 is 11.6 Å². The number of nitrogens with zero attached hydrogens (tertiary/aromatic N) is 8. The smallest absolute Gasteiger partial charge is 0.416 e. The van der Waals surface area contributed by atoms with Crippen molar-refractivity contribution < 1.29 is 32.2 Å². The maximum absolute atomic E-state index is 14.6. The molecule has 0 aliphatic carbocycles. The van der Waals surface area contributed by atoms with Gasteiger partial charge in [-0.05, 0) is 56.0 Å². The highest BCUT2D eigenvalue weighted by atomic mass is 35.5. The van der Waals surface area contributed by atoms with E-state index in [9.17, 15) is 27.6 Å². The molecule has 1 fully saturated rings. The summed E-state index contributed by atoms with van der Waals surface area (Å²) in [5, 5.41) is 7.02. The van der Waals surface area contributed by atoms with Crippen LogP contribution in [-0.4, -0.2) is 78.6 Å². The first-order valence-electron chi connectivity index (χ1n) is 19.4. The molecule has 14 nitrogen and oxygen atoms in total. The molecule has 0 radical (unpaired) electrons. The van der Waals surface area contributed by atoms with Crippen molar-refractivity contribution in [2.75, 3.05) is 43.0 Å². The van der Waals surface area contributed by atoms with Crippen LogP contribution in [0, 0.1) is 6.92 Å². The molecule has 5 heterocycles. The van der Waals surface area contributed by atoms with Gasteiger partial charge in [-0.15, -0.1) is 5.10 Å². The number of nitrogens with one attached hydrogen (secondary N) is 1. The van der Waals surface area contributed by atoms with Crippen LogP contribution in [0.25, 0.3) is 17.2 Å². The molecule has 3 aromatic heterocycles. The molecule has 1 saturated heterocycles. The average Bonchev–Trinajstić information content (AvgIpc) is 3.70. The van der Waals surface area contributed by atoms with Gasteiger partial charge < -0.3 is 29.2 Å². The summed E-state index contributed by atoms with van der Waals surface area (Å²) in [7, 11) is 0. The van der Waals surface area contributed by atoms with E-state index >= 15 is 0 Å². The van der Waals surface area contributed by atoms with Crippen LogP contribution in [0.4, 0.5) is 24.5 Å². The van der Waals surface area contributed by atoms with Crippen molar-refractivity contribution in [2.45, 2.75) is 52.4 Å². The van der Waals surface area contributed by atoms with E-state index in [1.165, 1.54) is 10.8 Å². The van der Waals surface area contributed by atoms with E-state index < -0.39 is 23.2 Å². The highest BCUT2D eigenvalue weighted by Crippen LogP contribution is 2.35. The summed E-state index contributed by atoms with van der Waals surface area (Å²) < 4.78 is 54.7. The molecule has 0 unspecified atom stereocenters. The number of rotatable bonds is 10. The van der Waals surface area contributed by atoms with Gasteiger partial charge in [0.25, 0.3) is 11.5 Å². The lowest BCUT2D eigenvalue weighted by molar-refractivity contribution is -0.137. The zero-order valence-electron chi connectivity index (χ0n) is 32.6. The van der Waals surface area contributed by atoms with Crippen molar-refractivity contribution >= 4 is 40.6 Å². The topological polar surface area (TPSA) is 149 Å². The second-order valence-electron chi connectivity index (χ2n) is 14.4. The van der Waals surface area contributed by atoms with Crippen molar-refractivity contribution in [3.63, 3.8) is 0 Å². The quantitative estimate of drug-likeness (QED) is 0.164. The number of hydrogen-bond acceptors (Lipinski definition) is 10. The van der Waals surface area contributed by atoms with Gasteiger partial charge in [0.1, 0.15) is 30.9 Å². The minimum atomic E-state index is -4.62. The Morgan fingerprint density at radius 2 is 1.78 bits per heavy atom. The van der Waals surface area contributed by atoms with Crippen molar-refractivity contribution in [3.05, 3.63) is 122 Å². The molecule has 3 aromatic carbocycles. The summed E-state index contributed by atoms with van der Waals surface area (Å²) in [6.45, 7) is 4.95. The molecular weight excluding hydrogens is 803 g/mol. The Labute approximate surface area is 346 Å². The SMILES string of the molecule is CCc1c(N2CCN(C(=O)c3ncnc(C)c3OCc3ccccc3)CC2)c(=O)n2nc(-c3cccc4c3CCCO4)nc2n1CC(=O)Nc1ccc(C(F)(F)F)cc1Cl. The predicted molar refractivity (Wildman–Crippen MR) is 217 cm³/mol. The fourth-order valence-corrected chi connectivity index (χ4v) is 7.80. The maximum atomic E-state index is 14.6. The Hall–Kier alpha value is -6.49. The van der Waals surface area contributed by atoms with Crippen LogP contribution in [0.5, 0.6) is 11.5 Å². The Balaban J connectivity index is 1.12. The Bertz CT molecular complexity index is 2660. The van der Waals surface area contributed by atoms with E-state index in [1.807, 2.05) is 60.4 Å². The third kappa shape index (κ3) is 7.96. The van der Waals surface area contributed by atoms with Crippen LogP contribution in [0.1, 0.15) is 51.9 Å². The first-order chi connectivity index (χ1) is 28.9. The van der Waals surface area contributed by atoms with Crippen LogP contribution < -0.4 is 25.2 Å². The fourth-order valence-electron chi connectivity index (χ4n) is 7.57. The monoisotopic (exact) mass is 841 g/mol. The molecular formula is C42H39ClF3N9O5. The Morgan fingerprint density at radius 3 is 2.52 bits per heavy atom. The molecule has 18 heteroatoms. The van der Waals surface area contributed by atoms with Gasteiger partial charge in [-0.1, -0.05) is 61.0 Å². The van der Waals surface area contributed by atoms with Crippen molar-refractivity contribution in [2.24, 2.45) is 0 Å². The zero-order valence-corrected chi connectivity index (χ0v) is 33.4. The third-order valence-corrected chi connectivity index (χ3v) is 10.8. The van der Waals surface area contributed by atoms with Gasteiger partial charge in [0.15, 0.2) is 17.3 Å². The largest absolute Gasteiger partial charge is 0.493 e. The summed E-state index contributed by atoms with van der Waals surface area (Å²) in [6.07, 6.45) is -1.51. The van der Waals surface area contributed by atoms with Gasteiger partial charge in [0.2, 0.25) is 11.7 Å². The van der Waals surface area contributed by atoms with Gasteiger partial charge in [-0.3, -0.25) is 14.4 Å². The zero-order chi connectivity index (χ0) is 42.1. The fraction of sp³-hybridized carbons (Fsp3) is 0.310. The van der Waals surface area contributed by atoms with Gasteiger partial charge >= 0.3 is 6.18 Å². The lowest BCUT2D eigenvalue weighted by Crippen LogP contribution is -2.51. The number of carbonyl (C=O) groups excluding carboxylic acids is 2. The van der Waals surface area contributed by atoms with Gasteiger partial charge in [0.05, 0.1) is 34.3 Å². The molecule has 1 N–H and O–H groups in total. The van der Waals surface area contributed by atoms with Gasteiger partial charge in [0, 0.05) is 37.3 Å². The molecule has 60 heavy (non-hydrogen) atoms. The Kier molecular flexibility index (Phi) is 11.2. The second-order valence-corrected chi connectivity index (χ2v) is 14.8. The van der Waals surface area contributed by atoms with Gasteiger partial charge in [-0.2, -0.15) is 22.7 Å². The average molecular weight is 842 g/mol. The number of carbonyl (C=O) groups is 2. The number of aryl methyl sites for hydroxylation is 1. The van der Waals surface area contributed by atoms with E-state index in [0.29, 0.717) is 41.5 Å².